The first-order chi connectivity index (χ1) is 6.61. The van der Waals surface area contributed by atoms with E-state index in [0.717, 1.165) is 0 Å². The lowest BCUT2D eigenvalue weighted by atomic mass is 10.1. The van der Waals surface area contributed by atoms with Crippen molar-refractivity contribution in [1.29, 1.82) is 0 Å². The minimum atomic E-state index is -1.08. The first-order valence-electron chi connectivity index (χ1n) is 3.75. The Morgan fingerprint density at radius 1 is 1.29 bits per heavy atom. The molecule has 0 aliphatic heterocycles. The van der Waals surface area contributed by atoms with Gasteiger partial charge in [-0.05, 0) is 12.1 Å². The monoisotopic (exact) mass is 189 g/mol. The number of carbonyl (C=O) groups is 2. The van der Waals surface area contributed by atoms with Gasteiger partial charge >= 0.3 is 5.97 Å². The molecular weight excluding hydrogens is 182 g/mol. The lowest BCUT2D eigenvalue weighted by Crippen LogP contribution is -2.06. The second-order valence-electron chi connectivity index (χ2n) is 2.46. The van der Waals surface area contributed by atoms with Crippen molar-refractivity contribution in [2.45, 2.75) is 0 Å². The number of nitrogens with two attached hydrogens (primary N) is 1. The quantitative estimate of drug-likeness (QED) is 0.620. The van der Waals surface area contributed by atoms with Crippen LogP contribution in [0.5, 0.6) is 0 Å². The summed E-state index contributed by atoms with van der Waals surface area (Å²) in [6, 6.07) is 6.14. The number of hydrogen-bond acceptors (Lipinski definition) is 2. The molecule has 0 heterocycles. The van der Waals surface area contributed by atoms with Gasteiger partial charge in [0.2, 0.25) is 0 Å². The van der Waals surface area contributed by atoms with Gasteiger partial charge in [-0.25, -0.2) is 4.79 Å². The first kappa shape index (κ1) is 9.81. The highest BCUT2D eigenvalue weighted by molar-refractivity contribution is 5.94. The van der Waals surface area contributed by atoms with Crippen molar-refractivity contribution in [1.82, 2.24) is 0 Å². The molecule has 0 aromatic heterocycles. The van der Waals surface area contributed by atoms with E-state index in [9.17, 15) is 9.59 Å². The number of carbonyl (C=O) groups excluding carboxylic acids is 1. The lowest BCUT2D eigenvalue weighted by Gasteiger charge is -1.96. The highest BCUT2D eigenvalue weighted by Crippen LogP contribution is 2.06. The van der Waals surface area contributed by atoms with Crippen LogP contribution in [-0.4, -0.2) is 17.0 Å². The van der Waals surface area contributed by atoms with Crippen LogP contribution in [0.15, 0.2) is 24.3 Å². The molecule has 0 aliphatic rings. The van der Waals surface area contributed by atoms with E-state index in [4.69, 9.17) is 10.8 Å². The molecule has 0 saturated carbocycles. The van der Waals surface area contributed by atoms with Crippen molar-refractivity contribution in [3.05, 3.63) is 35.4 Å². The standard InChI is InChI=1S/C10H7NO3/c11-9(12)6-5-7-3-1-2-4-8(7)10(13)14/h1-4H,(H2,11,12)(H,13,14). The molecule has 0 spiro atoms. The second kappa shape index (κ2) is 4.10. The first-order valence-corrected chi connectivity index (χ1v) is 3.75. The van der Waals surface area contributed by atoms with E-state index in [0.29, 0.717) is 0 Å². The molecule has 3 N–H and O–H groups in total. The molecule has 4 nitrogen and oxygen atoms in total. The van der Waals surface area contributed by atoms with E-state index in [1.165, 1.54) is 12.1 Å². The number of aromatic carboxylic acids is 1. The van der Waals surface area contributed by atoms with Crippen LogP contribution in [-0.2, 0) is 4.79 Å². The molecule has 0 radical (unpaired) electrons. The van der Waals surface area contributed by atoms with Crippen LogP contribution in [0.2, 0.25) is 0 Å². The average molecular weight is 189 g/mol. The van der Waals surface area contributed by atoms with Gasteiger partial charge in [0.15, 0.2) is 0 Å². The van der Waals surface area contributed by atoms with Gasteiger partial charge in [0.25, 0.3) is 5.91 Å². The normalized spacial score (nSPS) is 8.57. The topological polar surface area (TPSA) is 80.4 Å². The number of amides is 1. The highest BCUT2D eigenvalue weighted by atomic mass is 16.4. The van der Waals surface area contributed by atoms with Crippen molar-refractivity contribution in [2.75, 3.05) is 0 Å². The summed E-state index contributed by atoms with van der Waals surface area (Å²) in [4.78, 5) is 21.0. The number of carboxylic acids is 1. The zero-order valence-electron chi connectivity index (χ0n) is 7.15. The molecular formula is C10H7NO3. The van der Waals surface area contributed by atoms with E-state index in [2.05, 4.69) is 11.8 Å². The van der Waals surface area contributed by atoms with E-state index in [1.54, 1.807) is 12.1 Å². The fourth-order valence-corrected chi connectivity index (χ4v) is 0.908. The summed E-state index contributed by atoms with van der Waals surface area (Å²) in [7, 11) is 0. The molecule has 1 rings (SSSR count). The Labute approximate surface area is 80.3 Å². The molecule has 14 heavy (non-hydrogen) atoms. The maximum Gasteiger partial charge on any atom is 0.336 e. The molecule has 1 aromatic rings. The summed E-state index contributed by atoms with van der Waals surface area (Å²) >= 11 is 0. The highest BCUT2D eigenvalue weighted by Gasteiger charge is 2.06. The van der Waals surface area contributed by atoms with Crippen LogP contribution in [0, 0.1) is 11.8 Å². The Morgan fingerprint density at radius 3 is 2.50 bits per heavy atom. The summed E-state index contributed by atoms with van der Waals surface area (Å²) in [6.45, 7) is 0. The van der Waals surface area contributed by atoms with Gasteiger partial charge < -0.3 is 10.8 Å². The van der Waals surface area contributed by atoms with Crippen molar-refractivity contribution < 1.29 is 14.7 Å². The Morgan fingerprint density at radius 2 is 1.93 bits per heavy atom. The van der Waals surface area contributed by atoms with Gasteiger partial charge in [-0.15, -0.1) is 0 Å². The van der Waals surface area contributed by atoms with Crippen molar-refractivity contribution in [2.24, 2.45) is 5.73 Å². The molecule has 0 saturated heterocycles. The van der Waals surface area contributed by atoms with Gasteiger partial charge in [-0.3, -0.25) is 4.79 Å². The van der Waals surface area contributed by atoms with Crippen LogP contribution < -0.4 is 5.73 Å². The zero-order chi connectivity index (χ0) is 10.6. The smallest absolute Gasteiger partial charge is 0.336 e. The van der Waals surface area contributed by atoms with Crippen LogP contribution in [0.25, 0.3) is 0 Å². The number of benzene rings is 1. The fourth-order valence-electron chi connectivity index (χ4n) is 0.908. The van der Waals surface area contributed by atoms with Gasteiger partial charge in [0.1, 0.15) is 0 Å². The van der Waals surface area contributed by atoms with Gasteiger partial charge in [-0.2, -0.15) is 0 Å². The van der Waals surface area contributed by atoms with E-state index >= 15 is 0 Å². The zero-order valence-corrected chi connectivity index (χ0v) is 7.15. The second-order valence-corrected chi connectivity index (χ2v) is 2.46. The van der Waals surface area contributed by atoms with Crippen molar-refractivity contribution >= 4 is 11.9 Å². The number of primary amides is 1. The van der Waals surface area contributed by atoms with E-state index in [1.807, 2.05) is 0 Å². The number of hydrogen-bond donors (Lipinski definition) is 2. The Kier molecular flexibility index (Phi) is 2.87. The molecule has 1 amide bonds. The Bertz CT molecular complexity index is 440. The minimum absolute atomic E-state index is 0.0567. The third-order valence-electron chi connectivity index (χ3n) is 1.48. The van der Waals surface area contributed by atoms with Crippen LogP contribution in [0.1, 0.15) is 15.9 Å². The Balaban J connectivity index is 3.16. The molecule has 4 heteroatoms. The third-order valence-corrected chi connectivity index (χ3v) is 1.48. The van der Waals surface area contributed by atoms with E-state index in [-0.39, 0.29) is 11.1 Å². The summed E-state index contributed by atoms with van der Waals surface area (Å²) in [5, 5.41) is 8.75. The van der Waals surface area contributed by atoms with Crippen molar-refractivity contribution in [3.63, 3.8) is 0 Å². The number of carboxylic acid groups (broad SMARTS) is 1. The summed E-state index contributed by atoms with van der Waals surface area (Å²) in [5.74, 6) is 2.60. The number of rotatable bonds is 1. The summed E-state index contributed by atoms with van der Waals surface area (Å²) in [6.07, 6.45) is 0. The van der Waals surface area contributed by atoms with Gasteiger partial charge in [0, 0.05) is 11.5 Å². The molecule has 0 unspecified atom stereocenters. The fraction of sp³-hybridized carbons (Fsp3) is 0. The molecule has 1 aromatic carbocycles. The largest absolute Gasteiger partial charge is 0.478 e. The van der Waals surface area contributed by atoms with Crippen LogP contribution >= 0.6 is 0 Å². The van der Waals surface area contributed by atoms with Crippen LogP contribution in [0.4, 0.5) is 0 Å². The molecule has 0 atom stereocenters. The minimum Gasteiger partial charge on any atom is -0.478 e. The Hall–Kier alpha value is -2.28. The van der Waals surface area contributed by atoms with E-state index < -0.39 is 11.9 Å². The molecule has 0 aliphatic carbocycles. The average Bonchev–Trinajstić information content (AvgIpc) is 2.15. The SMILES string of the molecule is NC(=O)C#Cc1ccccc1C(=O)O. The van der Waals surface area contributed by atoms with Gasteiger partial charge in [0.05, 0.1) is 5.56 Å². The summed E-state index contributed by atoms with van der Waals surface area (Å²) in [5.41, 5.74) is 5.14. The van der Waals surface area contributed by atoms with Crippen LogP contribution in [0.3, 0.4) is 0 Å². The molecule has 70 valence electrons. The predicted octanol–water partition coefficient (Wildman–Crippen LogP) is 0.222. The van der Waals surface area contributed by atoms with Crippen molar-refractivity contribution in [3.8, 4) is 11.8 Å². The maximum absolute atomic E-state index is 10.7. The predicted molar refractivity (Wildman–Crippen MR) is 49.5 cm³/mol. The third kappa shape index (κ3) is 2.35. The molecule has 0 bridgehead atoms. The molecule has 0 fully saturated rings. The maximum atomic E-state index is 10.7. The van der Waals surface area contributed by atoms with Gasteiger partial charge in [-0.1, -0.05) is 18.1 Å². The summed E-state index contributed by atoms with van der Waals surface area (Å²) < 4.78 is 0. The lowest BCUT2D eigenvalue weighted by molar-refractivity contribution is -0.112.